The van der Waals surface area contributed by atoms with E-state index >= 15 is 0 Å². The molecule has 0 aliphatic carbocycles. The predicted octanol–water partition coefficient (Wildman–Crippen LogP) is 4.01. The molecule has 0 radical (unpaired) electrons. The molecule has 20 heavy (non-hydrogen) atoms. The van der Waals surface area contributed by atoms with Crippen LogP contribution in [0.3, 0.4) is 0 Å². The van der Waals surface area contributed by atoms with Gasteiger partial charge in [0.1, 0.15) is 18.2 Å². The third-order valence-electron chi connectivity index (χ3n) is 2.69. The average molecular weight is 270 g/mol. The summed E-state index contributed by atoms with van der Waals surface area (Å²) in [4.78, 5) is 10.9. The molecule has 0 saturated carbocycles. The number of rotatable bonds is 5. The zero-order valence-corrected chi connectivity index (χ0v) is 11.2. The van der Waals surface area contributed by atoms with Crippen molar-refractivity contribution in [1.29, 1.82) is 0 Å². The van der Waals surface area contributed by atoms with Gasteiger partial charge >= 0.3 is 0 Å². The van der Waals surface area contributed by atoms with Crippen LogP contribution in [-0.2, 0) is 11.4 Å². The van der Waals surface area contributed by atoms with Gasteiger partial charge in [0.05, 0.1) is 0 Å². The van der Waals surface area contributed by atoms with E-state index in [4.69, 9.17) is 4.74 Å². The molecule has 102 valence electrons. The molecule has 0 aliphatic heterocycles. The molecule has 0 spiro atoms. The summed E-state index contributed by atoms with van der Waals surface area (Å²) >= 11 is 0. The Morgan fingerprint density at radius 1 is 1.20 bits per heavy atom. The van der Waals surface area contributed by atoms with E-state index in [1.165, 1.54) is 25.1 Å². The molecule has 0 heterocycles. The number of hydrogen-bond acceptors (Lipinski definition) is 2. The highest BCUT2D eigenvalue weighted by molar-refractivity contribution is 5.91. The fourth-order valence-electron chi connectivity index (χ4n) is 1.67. The predicted molar refractivity (Wildman–Crippen MR) is 76.9 cm³/mol. The van der Waals surface area contributed by atoms with Crippen LogP contribution in [0.4, 0.5) is 4.39 Å². The molecular weight excluding hydrogens is 255 g/mol. The van der Waals surface area contributed by atoms with Crippen LogP contribution >= 0.6 is 0 Å². The minimum Gasteiger partial charge on any atom is -0.489 e. The fourth-order valence-corrected chi connectivity index (χ4v) is 1.67. The smallest absolute Gasteiger partial charge is 0.152 e. The van der Waals surface area contributed by atoms with Crippen molar-refractivity contribution in [1.82, 2.24) is 0 Å². The molecule has 2 aromatic rings. The third kappa shape index (κ3) is 4.35. The summed E-state index contributed by atoms with van der Waals surface area (Å²) in [6.45, 7) is 1.88. The van der Waals surface area contributed by atoms with E-state index in [1.54, 1.807) is 18.2 Å². The summed E-state index contributed by atoms with van der Waals surface area (Å²) < 4.78 is 18.4. The lowest BCUT2D eigenvalue weighted by molar-refractivity contribution is -0.112. The number of ketones is 1. The van der Waals surface area contributed by atoms with Crippen LogP contribution in [0.5, 0.6) is 5.75 Å². The Bertz CT molecular complexity index is 615. The summed E-state index contributed by atoms with van der Waals surface area (Å²) in [5.74, 6) is 0.452. The van der Waals surface area contributed by atoms with Crippen molar-refractivity contribution in [3.05, 3.63) is 71.6 Å². The van der Waals surface area contributed by atoms with E-state index in [0.29, 0.717) is 12.4 Å². The highest BCUT2D eigenvalue weighted by atomic mass is 19.1. The molecule has 0 unspecified atom stereocenters. The van der Waals surface area contributed by atoms with Crippen molar-refractivity contribution in [2.45, 2.75) is 13.5 Å². The number of carbonyl (C=O) groups is 1. The SMILES string of the molecule is CC(=O)/C=C/c1cccc(OCc2ccc(F)cc2)c1. The minimum atomic E-state index is -0.259. The summed E-state index contributed by atoms with van der Waals surface area (Å²) in [6.07, 6.45) is 3.26. The summed E-state index contributed by atoms with van der Waals surface area (Å²) in [5.41, 5.74) is 1.80. The highest BCUT2D eigenvalue weighted by Crippen LogP contribution is 2.16. The molecule has 2 aromatic carbocycles. The lowest BCUT2D eigenvalue weighted by Gasteiger charge is -2.07. The van der Waals surface area contributed by atoms with Crippen LogP contribution < -0.4 is 4.74 Å². The first-order valence-electron chi connectivity index (χ1n) is 6.29. The Morgan fingerprint density at radius 3 is 2.65 bits per heavy atom. The van der Waals surface area contributed by atoms with E-state index in [9.17, 15) is 9.18 Å². The number of halogens is 1. The van der Waals surface area contributed by atoms with Gasteiger partial charge in [-0.05, 0) is 48.4 Å². The van der Waals surface area contributed by atoms with Crippen LogP contribution in [0.15, 0.2) is 54.6 Å². The molecule has 0 bridgehead atoms. The molecule has 0 amide bonds. The van der Waals surface area contributed by atoms with Crippen LogP contribution in [0, 0.1) is 5.82 Å². The Morgan fingerprint density at radius 2 is 1.95 bits per heavy atom. The maximum absolute atomic E-state index is 12.8. The second-order valence-corrected chi connectivity index (χ2v) is 4.43. The summed E-state index contributed by atoms with van der Waals surface area (Å²) in [7, 11) is 0. The monoisotopic (exact) mass is 270 g/mol. The van der Waals surface area contributed by atoms with Crippen LogP contribution in [0.1, 0.15) is 18.1 Å². The van der Waals surface area contributed by atoms with Gasteiger partial charge < -0.3 is 4.74 Å². The molecule has 0 aromatic heterocycles. The van der Waals surface area contributed by atoms with Gasteiger partial charge in [0.25, 0.3) is 0 Å². The molecule has 0 aliphatic rings. The van der Waals surface area contributed by atoms with Gasteiger partial charge in [-0.25, -0.2) is 4.39 Å². The van der Waals surface area contributed by atoms with Crippen molar-refractivity contribution in [3.8, 4) is 5.75 Å². The quantitative estimate of drug-likeness (QED) is 0.767. The third-order valence-corrected chi connectivity index (χ3v) is 2.69. The van der Waals surface area contributed by atoms with E-state index in [-0.39, 0.29) is 11.6 Å². The van der Waals surface area contributed by atoms with Gasteiger partial charge in [0.15, 0.2) is 5.78 Å². The Kier molecular flexibility index (Phi) is 4.66. The van der Waals surface area contributed by atoms with Gasteiger partial charge in [-0.2, -0.15) is 0 Å². The normalized spacial score (nSPS) is 10.7. The summed E-state index contributed by atoms with van der Waals surface area (Å²) in [6, 6.07) is 13.6. The second-order valence-electron chi connectivity index (χ2n) is 4.43. The first-order chi connectivity index (χ1) is 9.63. The first kappa shape index (κ1) is 14.0. The molecule has 0 saturated heterocycles. The lowest BCUT2D eigenvalue weighted by atomic mass is 10.2. The second kappa shape index (κ2) is 6.66. The van der Waals surface area contributed by atoms with Crippen molar-refractivity contribution in [2.75, 3.05) is 0 Å². The number of carbonyl (C=O) groups excluding carboxylic acids is 1. The van der Waals surface area contributed by atoms with Gasteiger partial charge in [0, 0.05) is 0 Å². The average Bonchev–Trinajstić information content (AvgIpc) is 2.45. The Balaban J connectivity index is 2.01. The van der Waals surface area contributed by atoms with Crippen molar-refractivity contribution < 1.29 is 13.9 Å². The van der Waals surface area contributed by atoms with Crippen LogP contribution in [0.2, 0.25) is 0 Å². The van der Waals surface area contributed by atoms with Gasteiger partial charge in [-0.1, -0.05) is 30.3 Å². The van der Waals surface area contributed by atoms with Crippen molar-refractivity contribution in [2.24, 2.45) is 0 Å². The maximum atomic E-state index is 12.8. The minimum absolute atomic E-state index is 0.00244. The molecule has 3 heteroatoms. The molecule has 0 fully saturated rings. The molecule has 0 N–H and O–H groups in total. The topological polar surface area (TPSA) is 26.3 Å². The van der Waals surface area contributed by atoms with Gasteiger partial charge in [-0.3, -0.25) is 4.79 Å². The first-order valence-corrected chi connectivity index (χ1v) is 6.29. The van der Waals surface area contributed by atoms with Gasteiger partial charge in [-0.15, -0.1) is 0 Å². The van der Waals surface area contributed by atoms with Crippen molar-refractivity contribution in [3.63, 3.8) is 0 Å². The Hall–Kier alpha value is -2.42. The van der Waals surface area contributed by atoms with E-state index in [0.717, 1.165) is 11.1 Å². The lowest BCUT2D eigenvalue weighted by Crippen LogP contribution is -1.95. The molecular formula is C17H15FO2. The standard InChI is InChI=1S/C17H15FO2/c1-13(19)5-6-14-3-2-4-17(11-14)20-12-15-7-9-16(18)10-8-15/h2-11H,12H2,1H3/b6-5+. The van der Waals surface area contributed by atoms with Crippen molar-refractivity contribution >= 4 is 11.9 Å². The van der Waals surface area contributed by atoms with Crippen LogP contribution in [0.25, 0.3) is 6.08 Å². The van der Waals surface area contributed by atoms with E-state index < -0.39 is 0 Å². The fraction of sp³-hybridized carbons (Fsp3) is 0.118. The van der Waals surface area contributed by atoms with E-state index in [2.05, 4.69) is 0 Å². The summed E-state index contributed by atoms with van der Waals surface area (Å²) in [5, 5.41) is 0. The number of ether oxygens (including phenoxy) is 1. The van der Waals surface area contributed by atoms with E-state index in [1.807, 2.05) is 24.3 Å². The maximum Gasteiger partial charge on any atom is 0.152 e. The zero-order chi connectivity index (χ0) is 14.4. The number of benzene rings is 2. The Labute approximate surface area is 117 Å². The van der Waals surface area contributed by atoms with Crippen LogP contribution in [-0.4, -0.2) is 5.78 Å². The molecule has 2 nitrogen and oxygen atoms in total. The zero-order valence-electron chi connectivity index (χ0n) is 11.2. The number of allylic oxidation sites excluding steroid dienone is 1. The molecule has 2 rings (SSSR count). The highest BCUT2D eigenvalue weighted by Gasteiger charge is 1.98. The number of hydrogen-bond donors (Lipinski definition) is 0. The largest absolute Gasteiger partial charge is 0.489 e. The van der Waals surface area contributed by atoms with Gasteiger partial charge in [0.2, 0.25) is 0 Å². The molecule has 0 atom stereocenters.